The molecule has 1 unspecified atom stereocenters. The lowest BCUT2D eigenvalue weighted by molar-refractivity contribution is -0.152. The summed E-state index contributed by atoms with van der Waals surface area (Å²) in [6, 6.07) is 4.33. The molecule has 0 radical (unpaired) electrons. The SMILES string of the molecule is CCOC(=O)C(=O)Nc1cccc([S+](C)[O-])c1C(N)=O. The number of esters is 1. The van der Waals surface area contributed by atoms with Crippen molar-refractivity contribution in [3.63, 3.8) is 0 Å². The van der Waals surface area contributed by atoms with E-state index in [-0.39, 0.29) is 22.8 Å². The van der Waals surface area contributed by atoms with Gasteiger partial charge in [-0.1, -0.05) is 6.07 Å². The average Bonchev–Trinajstić information content (AvgIpc) is 2.38. The van der Waals surface area contributed by atoms with E-state index in [9.17, 15) is 18.9 Å². The second-order valence-electron chi connectivity index (χ2n) is 3.67. The van der Waals surface area contributed by atoms with E-state index in [1.165, 1.54) is 24.5 Å². The molecule has 0 aliphatic rings. The topological polar surface area (TPSA) is 122 Å². The van der Waals surface area contributed by atoms with E-state index in [0.29, 0.717) is 0 Å². The molecule has 8 heteroatoms. The van der Waals surface area contributed by atoms with E-state index in [1.807, 2.05) is 0 Å². The van der Waals surface area contributed by atoms with Crippen LogP contribution in [0.4, 0.5) is 5.69 Å². The summed E-state index contributed by atoms with van der Waals surface area (Å²) in [6.07, 6.45) is 1.37. The van der Waals surface area contributed by atoms with Crippen LogP contribution in [0, 0.1) is 0 Å². The summed E-state index contributed by atoms with van der Waals surface area (Å²) < 4.78 is 16.1. The lowest BCUT2D eigenvalue weighted by atomic mass is 10.1. The molecule has 0 aliphatic heterocycles. The summed E-state index contributed by atoms with van der Waals surface area (Å²) in [4.78, 5) is 34.4. The van der Waals surface area contributed by atoms with Crippen LogP contribution in [-0.4, -0.2) is 35.2 Å². The van der Waals surface area contributed by atoms with Gasteiger partial charge in [0.05, 0.1) is 12.3 Å². The second kappa shape index (κ2) is 6.92. The van der Waals surface area contributed by atoms with E-state index in [4.69, 9.17) is 5.73 Å². The molecule has 0 saturated carbocycles. The van der Waals surface area contributed by atoms with Crippen LogP contribution >= 0.6 is 0 Å². The molecule has 20 heavy (non-hydrogen) atoms. The molecular weight excluding hydrogens is 284 g/mol. The summed E-state index contributed by atoms with van der Waals surface area (Å²) >= 11 is -1.47. The first-order valence-corrected chi connectivity index (χ1v) is 7.18. The van der Waals surface area contributed by atoms with Gasteiger partial charge in [0.25, 0.3) is 5.91 Å². The summed E-state index contributed by atoms with van der Waals surface area (Å²) in [5, 5.41) is 2.22. The fraction of sp³-hybridized carbons (Fsp3) is 0.250. The highest BCUT2D eigenvalue weighted by Gasteiger charge is 2.23. The minimum atomic E-state index is -1.47. The predicted molar refractivity (Wildman–Crippen MR) is 72.6 cm³/mol. The molecule has 1 aromatic rings. The number of carbonyl (C=O) groups is 3. The maximum atomic E-state index is 11.5. The number of carbonyl (C=O) groups excluding carboxylic acids is 3. The van der Waals surface area contributed by atoms with E-state index >= 15 is 0 Å². The summed E-state index contributed by atoms with van der Waals surface area (Å²) in [5.74, 6) is -2.96. The molecule has 0 bridgehead atoms. The molecule has 2 amide bonds. The van der Waals surface area contributed by atoms with Crippen LogP contribution < -0.4 is 11.1 Å². The molecule has 0 heterocycles. The largest absolute Gasteiger partial charge is 0.612 e. The van der Waals surface area contributed by atoms with E-state index in [2.05, 4.69) is 10.1 Å². The normalized spacial score (nSPS) is 11.6. The molecule has 1 rings (SSSR count). The smallest absolute Gasteiger partial charge is 0.397 e. The minimum Gasteiger partial charge on any atom is -0.612 e. The van der Waals surface area contributed by atoms with Crippen LogP contribution in [-0.2, 0) is 25.5 Å². The third kappa shape index (κ3) is 3.72. The highest BCUT2D eigenvalue weighted by molar-refractivity contribution is 7.90. The van der Waals surface area contributed by atoms with Crippen molar-refractivity contribution in [1.29, 1.82) is 0 Å². The Morgan fingerprint density at radius 2 is 2.05 bits per heavy atom. The van der Waals surface area contributed by atoms with Crippen molar-refractivity contribution in [2.75, 3.05) is 18.2 Å². The first-order valence-electron chi connectivity index (χ1n) is 5.62. The molecule has 108 valence electrons. The number of amides is 2. The second-order valence-corrected chi connectivity index (χ2v) is 5.02. The van der Waals surface area contributed by atoms with Gasteiger partial charge in [-0.05, 0) is 30.2 Å². The third-order valence-electron chi connectivity index (χ3n) is 2.29. The summed E-state index contributed by atoms with van der Waals surface area (Å²) in [5.41, 5.74) is 5.15. The molecule has 1 atom stereocenters. The number of ether oxygens (including phenoxy) is 1. The molecule has 1 aromatic carbocycles. The van der Waals surface area contributed by atoms with Gasteiger partial charge in [0.1, 0.15) is 11.8 Å². The van der Waals surface area contributed by atoms with E-state index in [0.717, 1.165) is 0 Å². The van der Waals surface area contributed by atoms with Gasteiger partial charge in [0, 0.05) is 0 Å². The Hall–Kier alpha value is -2.06. The van der Waals surface area contributed by atoms with Crippen LogP contribution in [0.2, 0.25) is 0 Å². The van der Waals surface area contributed by atoms with Crippen molar-refractivity contribution in [1.82, 2.24) is 0 Å². The fourth-order valence-electron chi connectivity index (χ4n) is 1.50. The number of hydrogen-bond donors (Lipinski definition) is 2. The molecule has 0 aliphatic carbocycles. The van der Waals surface area contributed by atoms with Crippen LogP contribution in [0.15, 0.2) is 23.1 Å². The molecule has 3 N–H and O–H groups in total. The molecule has 0 aromatic heterocycles. The van der Waals surface area contributed by atoms with Crippen molar-refractivity contribution < 1.29 is 23.7 Å². The van der Waals surface area contributed by atoms with Gasteiger partial charge in [0.15, 0.2) is 4.90 Å². The number of nitrogens with two attached hydrogens (primary N) is 1. The predicted octanol–water partition coefficient (Wildman–Crippen LogP) is 0.0245. The van der Waals surface area contributed by atoms with Gasteiger partial charge in [-0.2, -0.15) is 0 Å². The monoisotopic (exact) mass is 298 g/mol. The number of hydrogen-bond acceptors (Lipinski definition) is 5. The van der Waals surface area contributed by atoms with Crippen LogP contribution in [0.5, 0.6) is 0 Å². The van der Waals surface area contributed by atoms with Crippen molar-refractivity contribution >= 4 is 34.6 Å². The first-order chi connectivity index (χ1) is 9.38. The van der Waals surface area contributed by atoms with Gasteiger partial charge in [-0.15, -0.1) is 0 Å². The summed E-state index contributed by atoms with van der Waals surface area (Å²) in [7, 11) is 0. The third-order valence-corrected chi connectivity index (χ3v) is 3.25. The highest BCUT2D eigenvalue weighted by atomic mass is 32.2. The van der Waals surface area contributed by atoms with Crippen LogP contribution in [0.25, 0.3) is 0 Å². The molecule has 0 saturated heterocycles. The maximum Gasteiger partial charge on any atom is 0.397 e. The molecular formula is C12H14N2O5S. The standard InChI is InChI=1S/C12H14N2O5S/c1-3-19-12(17)11(16)14-7-5-4-6-8(20(2)18)9(7)10(13)15/h4-6H,3H2,1-2H3,(H2,13,15)(H,14,16). The number of primary amides is 1. The van der Waals surface area contributed by atoms with Gasteiger partial charge >= 0.3 is 11.9 Å². The average molecular weight is 298 g/mol. The maximum absolute atomic E-state index is 11.5. The number of rotatable bonds is 4. The van der Waals surface area contributed by atoms with E-state index < -0.39 is 29.0 Å². The van der Waals surface area contributed by atoms with Crippen molar-refractivity contribution in [2.24, 2.45) is 5.73 Å². The number of anilines is 1. The Morgan fingerprint density at radius 1 is 1.40 bits per heavy atom. The lowest BCUT2D eigenvalue weighted by Gasteiger charge is -2.12. The Balaban J connectivity index is 3.12. The molecule has 0 spiro atoms. The fourth-order valence-corrected chi connectivity index (χ4v) is 2.27. The van der Waals surface area contributed by atoms with E-state index in [1.54, 1.807) is 6.92 Å². The van der Waals surface area contributed by atoms with Crippen molar-refractivity contribution in [3.8, 4) is 0 Å². The number of benzene rings is 1. The minimum absolute atomic E-state index is 0.0169. The van der Waals surface area contributed by atoms with Gasteiger partial charge < -0.3 is 20.3 Å². The van der Waals surface area contributed by atoms with Crippen LogP contribution in [0.1, 0.15) is 17.3 Å². The van der Waals surface area contributed by atoms with Gasteiger partial charge in [-0.3, -0.25) is 9.59 Å². The van der Waals surface area contributed by atoms with Gasteiger partial charge in [-0.25, -0.2) is 4.79 Å². The number of nitrogens with one attached hydrogen (secondary N) is 1. The van der Waals surface area contributed by atoms with Crippen molar-refractivity contribution in [3.05, 3.63) is 23.8 Å². The first kappa shape index (κ1) is 16.0. The zero-order chi connectivity index (χ0) is 15.3. The molecule has 0 fully saturated rings. The van der Waals surface area contributed by atoms with Crippen LogP contribution in [0.3, 0.4) is 0 Å². The van der Waals surface area contributed by atoms with Crippen molar-refractivity contribution in [2.45, 2.75) is 11.8 Å². The zero-order valence-corrected chi connectivity index (χ0v) is 11.8. The highest BCUT2D eigenvalue weighted by Crippen LogP contribution is 2.23. The Morgan fingerprint density at radius 3 is 2.55 bits per heavy atom. The quantitative estimate of drug-likeness (QED) is 0.461. The zero-order valence-electron chi connectivity index (χ0n) is 11.0. The lowest BCUT2D eigenvalue weighted by Crippen LogP contribution is -2.27. The molecule has 7 nitrogen and oxygen atoms in total. The Labute approximate surface area is 118 Å². The Bertz CT molecular complexity index is 545. The summed E-state index contributed by atoms with van der Waals surface area (Å²) in [6.45, 7) is 1.61. The van der Waals surface area contributed by atoms with Gasteiger partial charge in [0.2, 0.25) is 0 Å². The Kier molecular flexibility index (Phi) is 5.53.